The summed E-state index contributed by atoms with van der Waals surface area (Å²) in [7, 11) is -1.26. The molecular weight excluding hydrogens is 260 g/mol. The van der Waals surface area contributed by atoms with Crippen LogP contribution in [0.2, 0.25) is 13.1 Å². The van der Waals surface area contributed by atoms with Gasteiger partial charge in [-0.3, -0.25) is 0 Å². The summed E-state index contributed by atoms with van der Waals surface area (Å²) in [6, 6.07) is 2.88. The Morgan fingerprint density at radius 1 is 1.32 bits per heavy atom. The third-order valence-electron chi connectivity index (χ3n) is 2.83. The molecule has 0 aliphatic rings. The maximum atomic E-state index is 11.3. The van der Waals surface area contributed by atoms with Crippen LogP contribution in [-0.4, -0.2) is 25.2 Å². The lowest BCUT2D eigenvalue weighted by Gasteiger charge is -2.25. The van der Waals surface area contributed by atoms with Gasteiger partial charge in [0.15, 0.2) is 9.04 Å². The van der Waals surface area contributed by atoms with Crippen LogP contribution in [0.3, 0.4) is 0 Å². The van der Waals surface area contributed by atoms with Gasteiger partial charge in [0.2, 0.25) is 0 Å². The van der Waals surface area contributed by atoms with Crippen LogP contribution >= 0.6 is 0 Å². The van der Waals surface area contributed by atoms with E-state index < -0.39 is 15.0 Å². The van der Waals surface area contributed by atoms with Crippen molar-refractivity contribution in [3.05, 3.63) is 28.8 Å². The molecule has 0 aliphatic heterocycles. The normalized spacial score (nSPS) is 11.9. The Bertz CT molecular complexity index is 475. The van der Waals surface area contributed by atoms with E-state index in [0.717, 1.165) is 0 Å². The Balaban J connectivity index is 3.41. The molecule has 1 aromatic carbocycles. The third-order valence-corrected chi connectivity index (χ3v) is 3.67. The second-order valence-corrected chi connectivity index (χ2v) is 8.33. The number of aromatic carboxylic acids is 1. The van der Waals surface area contributed by atoms with E-state index in [1.54, 1.807) is 0 Å². The van der Waals surface area contributed by atoms with Crippen LogP contribution in [0.5, 0.6) is 5.75 Å². The van der Waals surface area contributed by atoms with Gasteiger partial charge >= 0.3 is 5.97 Å². The molecule has 0 heterocycles. The Kier molecular flexibility index (Phi) is 4.76. The molecule has 0 atom stereocenters. The topological polar surface area (TPSA) is 66.8 Å². The minimum Gasteiger partial charge on any atom is -0.508 e. The van der Waals surface area contributed by atoms with Gasteiger partial charge in [-0.15, -0.1) is 0 Å². The third kappa shape index (κ3) is 3.81. The minimum absolute atomic E-state index is 0.126. The molecule has 0 aliphatic carbocycles. The smallest absolute Gasteiger partial charge is 0.336 e. The lowest BCUT2D eigenvalue weighted by Crippen LogP contribution is -2.20. The maximum absolute atomic E-state index is 11.3. The molecule has 0 saturated carbocycles. The van der Waals surface area contributed by atoms with Gasteiger partial charge in [0, 0.05) is 5.56 Å². The molecule has 0 fully saturated rings. The lowest BCUT2D eigenvalue weighted by atomic mass is 9.81. The van der Waals surface area contributed by atoms with Crippen molar-refractivity contribution in [3.8, 4) is 5.75 Å². The predicted octanol–water partition coefficient (Wildman–Crippen LogP) is 2.89. The quantitative estimate of drug-likeness (QED) is 0.833. The second-order valence-electron chi connectivity index (χ2n) is 5.90. The van der Waals surface area contributed by atoms with Crippen LogP contribution in [0.1, 0.15) is 42.3 Å². The predicted molar refractivity (Wildman–Crippen MR) is 77.4 cm³/mol. The van der Waals surface area contributed by atoms with Crippen molar-refractivity contribution in [1.29, 1.82) is 0 Å². The second kappa shape index (κ2) is 5.75. The number of rotatable bonds is 4. The summed E-state index contributed by atoms with van der Waals surface area (Å²) >= 11 is 0. The molecule has 0 spiro atoms. The summed E-state index contributed by atoms with van der Waals surface area (Å²) in [6.45, 7) is 10.1. The first kappa shape index (κ1) is 15.7. The summed E-state index contributed by atoms with van der Waals surface area (Å²) in [5, 5.41) is 19.3. The molecule has 1 aromatic rings. The molecular formula is C14H22O4Si. The van der Waals surface area contributed by atoms with Gasteiger partial charge in [-0.1, -0.05) is 20.8 Å². The molecule has 4 nitrogen and oxygen atoms in total. The van der Waals surface area contributed by atoms with E-state index in [4.69, 9.17) is 4.43 Å². The van der Waals surface area contributed by atoms with Crippen LogP contribution in [-0.2, 0) is 16.4 Å². The van der Waals surface area contributed by atoms with Crippen molar-refractivity contribution in [3.63, 3.8) is 0 Å². The van der Waals surface area contributed by atoms with Crippen molar-refractivity contribution >= 4 is 15.0 Å². The fraction of sp³-hybridized carbons (Fsp3) is 0.500. The van der Waals surface area contributed by atoms with Crippen LogP contribution in [0.4, 0.5) is 0 Å². The molecule has 1 rings (SSSR count). The number of carbonyl (C=O) groups is 1. The van der Waals surface area contributed by atoms with Crippen molar-refractivity contribution in [2.75, 3.05) is 0 Å². The molecule has 0 amide bonds. The first-order valence-corrected chi connectivity index (χ1v) is 9.13. The van der Waals surface area contributed by atoms with Gasteiger partial charge in [-0.2, -0.15) is 0 Å². The number of hydrogen-bond donors (Lipinski definition) is 2. The largest absolute Gasteiger partial charge is 0.508 e. The van der Waals surface area contributed by atoms with E-state index in [1.807, 2.05) is 33.9 Å². The Morgan fingerprint density at radius 3 is 2.32 bits per heavy atom. The Labute approximate surface area is 115 Å². The number of carboxylic acids is 1. The number of hydrogen-bond acceptors (Lipinski definition) is 3. The van der Waals surface area contributed by atoms with Crippen molar-refractivity contribution in [2.45, 2.75) is 45.9 Å². The number of phenols is 1. The molecule has 106 valence electrons. The number of carboxylic acid groups (broad SMARTS) is 1. The minimum atomic E-state index is -1.26. The molecule has 0 unspecified atom stereocenters. The Morgan fingerprint density at radius 2 is 1.89 bits per heavy atom. The maximum Gasteiger partial charge on any atom is 0.336 e. The van der Waals surface area contributed by atoms with Gasteiger partial charge in [0.1, 0.15) is 5.75 Å². The highest BCUT2D eigenvalue weighted by Crippen LogP contribution is 2.36. The van der Waals surface area contributed by atoms with E-state index in [-0.39, 0.29) is 23.3 Å². The zero-order valence-corrected chi connectivity index (χ0v) is 13.3. The van der Waals surface area contributed by atoms with Gasteiger partial charge < -0.3 is 14.6 Å². The fourth-order valence-corrected chi connectivity index (χ4v) is 2.57. The lowest BCUT2D eigenvalue weighted by molar-refractivity contribution is 0.0693. The van der Waals surface area contributed by atoms with Crippen molar-refractivity contribution in [1.82, 2.24) is 0 Å². The Hall–Kier alpha value is -1.33. The standard InChI is InChI=1S/C14H22O4Si/c1-14(2,3)12-10(8-18-19(4)5)9(13(16)17)6-7-11(12)15/h6-7,15,19H,8H2,1-5H3,(H,16,17). The van der Waals surface area contributed by atoms with E-state index >= 15 is 0 Å². The average molecular weight is 282 g/mol. The zero-order chi connectivity index (χ0) is 14.8. The molecule has 0 saturated heterocycles. The van der Waals surface area contributed by atoms with Crippen molar-refractivity contribution in [2.24, 2.45) is 0 Å². The van der Waals surface area contributed by atoms with Crippen molar-refractivity contribution < 1.29 is 19.4 Å². The van der Waals surface area contributed by atoms with E-state index in [1.165, 1.54) is 12.1 Å². The monoisotopic (exact) mass is 282 g/mol. The highest BCUT2D eigenvalue weighted by atomic mass is 28.3. The highest BCUT2D eigenvalue weighted by molar-refractivity contribution is 6.48. The summed E-state index contributed by atoms with van der Waals surface area (Å²) in [4.78, 5) is 11.3. The first-order chi connectivity index (χ1) is 8.64. The number of benzene rings is 1. The van der Waals surface area contributed by atoms with Gasteiger partial charge in [0.05, 0.1) is 12.2 Å². The fourth-order valence-electron chi connectivity index (χ4n) is 2.07. The highest BCUT2D eigenvalue weighted by Gasteiger charge is 2.26. The summed E-state index contributed by atoms with van der Waals surface area (Å²) in [5.74, 6) is -0.865. The molecule has 2 N–H and O–H groups in total. The molecule has 0 radical (unpaired) electrons. The molecule has 0 bridgehead atoms. The zero-order valence-electron chi connectivity index (χ0n) is 12.2. The molecule has 19 heavy (non-hydrogen) atoms. The van der Waals surface area contributed by atoms with Gasteiger partial charge in [-0.05, 0) is 36.2 Å². The SMILES string of the molecule is C[SiH](C)OCc1c(C(=O)O)ccc(O)c1C(C)(C)C. The van der Waals surface area contributed by atoms with Crippen LogP contribution in [0, 0.1) is 0 Å². The summed E-state index contributed by atoms with van der Waals surface area (Å²) < 4.78 is 5.67. The van der Waals surface area contributed by atoms with Gasteiger partial charge in [-0.25, -0.2) is 4.79 Å². The number of aromatic hydroxyl groups is 1. The van der Waals surface area contributed by atoms with Crippen LogP contribution in [0.25, 0.3) is 0 Å². The van der Waals surface area contributed by atoms with Crippen LogP contribution < -0.4 is 0 Å². The number of phenolic OH excluding ortho intramolecular Hbond substituents is 1. The summed E-state index contributed by atoms with van der Waals surface area (Å²) in [5.41, 5.74) is 1.10. The first-order valence-electron chi connectivity index (χ1n) is 6.34. The van der Waals surface area contributed by atoms with E-state index in [2.05, 4.69) is 0 Å². The molecule has 5 heteroatoms. The average Bonchev–Trinajstić information content (AvgIpc) is 2.23. The summed E-state index contributed by atoms with van der Waals surface area (Å²) in [6.07, 6.45) is 0. The molecule has 0 aromatic heterocycles. The van der Waals surface area contributed by atoms with Crippen LogP contribution in [0.15, 0.2) is 12.1 Å². The van der Waals surface area contributed by atoms with E-state index in [9.17, 15) is 15.0 Å². The van der Waals surface area contributed by atoms with Gasteiger partial charge in [0.25, 0.3) is 0 Å². The van der Waals surface area contributed by atoms with E-state index in [0.29, 0.717) is 11.1 Å².